The van der Waals surface area contributed by atoms with E-state index in [1.54, 1.807) is 22.9 Å². The van der Waals surface area contributed by atoms with Crippen LogP contribution in [-0.2, 0) is 0 Å². The third-order valence-corrected chi connectivity index (χ3v) is 8.96. The summed E-state index contributed by atoms with van der Waals surface area (Å²) in [5.74, 6) is 2.38. The number of aromatic nitrogens is 1. The zero-order chi connectivity index (χ0) is 20.3. The van der Waals surface area contributed by atoms with Gasteiger partial charge in [-0.15, -0.1) is 23.1 Å². The Balaban J connectivity index is 1.07. The largest absolute Gasteiger partial charge is 0.353 e. The molecule has 1 amide bonds. The van der Waals surface area contributed by atoms with Crippen molar-refractivity contribution in [2.24, 2.45) is 0 Å². The fourth-order valence-corrected chi connectivity index (χ4v) is 7.12. The van der Waals surface area contributed by atoms with Crippen molar-refractivity contribution in [3.8, 4) is 0 Å². The molecule has 1 saturated heterocycles. The van der Waals surface area contributed by atoms with Crippen LogP contribution in [0, 0.1) is 0 Å². The van der Waals surface area contributed by atoms with Crippen LogP contribution in [0.2, 0.25) is 0 Å². The number of piperazine rings is 1. The zero-order valence-electron chi connectivity index (χ0n) is 17.0. The number of carbonyl (C=O) groups excluding carboxylic acids is 1. The third-order valence-electron chi connectivity index (χ3n) is 5.92. The Hall–Kier alpha value is -1.61. The van der Waals surface area contributed by atoms with Crippen LogP contribution in [0.5, 0.6) is 0 Å². The first kappa shape index (κ1) is 20.3. The lowest BCUT2D eigenvalue weighted by Crippen LogP contribution is -2.46. The molecule has 30 heavy (non-hydrogen) atoms. The predicted molar refractivity (Wildman–Crippen MR) is 128 cm³/mol. The van der Waals surface area contributed by atoms with Gasteiger partial charge in [0.05, 0.1) is 14.5 Å². The monoisotopic (exact) mass is 458 g/mol. The lowest BCUT2D eigenvalue weighted by molar-refractivity contribution is 0.0761. The highest BCUT2D eigenvalue weighted by atomic mass is 32.2. The average molecular weight is 459 g/mol. The number of hydrogen-bond donors (Lipinski definition) is 0. The molecule has 2 aliphatic heterocycles. The highest BCUT2D eigenvalue weighted by Crippen LogP contribution is 2.32. The second kappa shape index (κ2) is 9.26. The minimum absolute atomic E-state index is 0.223. The minimum atomic E-state index is 0.223. The van der Waals surface area contributed by atoms with Gasteiger partial charge in [0.2, 0.25) is 0 Å². The molecule has 8 heteroatoms. The van der Waals surface area contributed by atoms with Crippen LogP contribution >= 0.6 is 34.6 Å². The highest BCUT2D eigenvalue weighted by Gasteiger charge is 2.24. The summed E-state index contributed by atoms with van der Waals surface area (Å²) in [4.78, 5) is 19.8. The molecule has 0 atom stereocenters. The second-order valence-electron chi connectivity index (χ2n) is 7.80. The Morgan fingerprint density at radius 3 is 2.70 bits per heavy atom. The molecule has 5 rings (SSSR count). The fraction of sp³-hybridized carbons (Fsp3) is 0.455. The summed E-state index contributed by atoms with van der Waals surface area (Å²) in [7, 11) is 0. The first-order chi connectivity index (χ1) is 14.8. The van der Waals surface area contributed by atoms with Crippen LogP contribution in [0.4, 0.5) is 5.82 Å². The Morgan fingerprint density at radius 1 is 0.967 bits per heavy atom. The second-order valence-corrected chi connectivity index (χ2v) is 10.9. The van der Waals surface area contributed by atoms with Crippen molar-refractivity contribution in [1.82, 2.24) is 14.2 Å². The van der Waals surface area contributed by atoms with Crippen LogP contribution in [0.3, 0.4) is 0 Å². The number of thioether (sulfide) groups is 1. The van der Waals surface area contributed by atoms with Crippen molar-refractivity contribution in [3.63, 3.8) is 0 Å². The van der Waals surface area contributed by atoms with Crippen molar-refractivity contribution in [3.05, 3.63) is 41.3 Å². The molecule has 158 valence electrons. The zero-order valence-corrected chi connectivity index (χ0v) is 19.4. The smallest absolute Gasteiger partial charge is 0.255 e. The van der Waals surface area contributed by atoms with Crippen molar-refractivity contribution < 1.29 is 4.79 Å². The summed E-state index contributed by atoms with van der Waals surface area (Å²) in [6, 6.07) is 10.5. The van der Waals surface area contributed by atoms with E-state index in [0.717, 1.165) is 75.8 Å². The van der Waals surface area contributed by atoms with Gasteiger partial charge in [0, 0.05) is 50.4 Å². The number of carbonyl (C=O) groups is 1. The maximum atomic E-state index is 12.7. The molecule has 0 spiro atoms. The lowest BCUT2D eigenvalue weighted by Gasteiger charge is -2.35. The molecule has 4 heterocycles. The molecule has 2 aromatic heterocycles. The van der Waals surface area contributed by atoms with E-state index < -0.39 is 0 Å². The number of nitrogens with zero attached hydrogens (tertiary/aromatic N) is 4. The highest BCUT2D eigenvalue weighted by molar-refractivity contribution is 8.01. The SMILES string of the molecule is O=C1c2ccsc2SCCN1CCCCN1CCN(c2nsc3ccccc23)CC1. The van der Waals surface area contributed by atoms with Crippen LogP contribution in [-0.4, -0.2) is 71.6 Å². The van der Waals surface area contributed by atoms with E-state index in [2.05, 4.69) is 39.0 Å². The fourth-order valence-electron chi connectivity index (χ4n) is 4.22. The van der Waals surface area contributed by atoms with Crippen molar-refractivity contribution in [1.29, 1.82) is 0 Å². The van der Waals surface area contributed by atoms with Gasteiger partial charge in [0.15, 0.2) is 0 Å². The molecule has 0 saturated carbocycles. The van der Waals surface area contributed by atoms with Crippen LogP contribution in [0.1, 0.15) is 23.2 Å². The van der Waals surface area contributed by atoms with E-state index in [1.807, 2.05) is 23.2 Å². The van der Waals surface area contributed by atoms with Crippen LogP contribution in [0.25, 0.3) is 10.1 Å². The maximum Gasteiger partial charge on any atom is 0.255 e. The Bertz CT molecular complexity index is 1010. The van der Waals surface area contributed by atoms with Gasteiger partial charge in [-0.1, -0.05) is 12.1 Å². The van der Waals surface area contributed by atoms with E-state index in [4.69, 9.17) is 4.37 Å². The van der Waals surface area contributed by atoms with Gasteiger partial charge in [-0.3, -0.25) is 9.69 Å². The van der Waals surface area contributed by atoms with Crippen LogP contribution < -0.4 is 4.90 Å². The molecule has 1 aromatic carbocycles. The Morgan fingerprint density at radius 2 is 1.80 bits per heavy atom. The van der Waals surface area contributed by atoms with E-state index >= 15 is 0 Å². The minimum Gasteiger partial charge on any atom is -0.353 e. The summed E-state index contributed by atoms with van der Waals surface area (Å²) in [5, 5.41) is 3.32. The summed E-state index contributed by atoms with van der Waals surface area (Å²) in [6.45, 7) is 7.11. The van der Waals surface area contributed by atoms with Crippen molar-refractivity contribution >= 4 is 56.4 Å². The molecular formula is C22H26N4OS3. The van der Waals surface area contributed by atoms with Gasteiger partial charge in [-0.05, 0) is 54.5 Å². The Kier molecular flexibility index (Phi) is 6.27. The molecular weight excluding hydrogens is 432 g/mol. The number of fused-ring (bicyclic) bond motifs is 2. The summed E-state index contributed by atoms with van der Waals surface area (Å²) in [6.07, 6.45) is 2.22. The van der Waals surface area contributed by atoms with Gasteiger partial charge in [0.25, 0.3) is 5.91 Å². The molecule has 0 N–H and O–H groups in total. The molecule has 0 aliphatic carbocycles. The van der Waals surface area contributed by atoms with Gasteiger partial charge in [0.1, 0.15) is 5.82 Å². The summed E-state index contributed by atoms with van der Waals surface area (Å²) >= 11 is 5.11. The maximum absolute atomic E-state index is 12.7. The van der Waals surface area contributed by atoms with Crippen molar-refractivity contribution in [2.75, 3.05) is 56.5 Å². The molecule has 3 aromatic rings. The van der Waals surface area contributed by atoms with Gasteiger partial charge < -0.3 is 9.80 Å². The number of hydrogen-bond acceptors (Lipinski definition) is 7. The molecule has 0 radical (unpaired) electrons. The van der Waals surface area contributed by atoms with Gasteiger partial charge >= 0.3 is 0 Å². The predicted octanol–water partition coefficient (Wildman–Crippen LogP) is 4.51. The van der Waals surface area contributed by atoms with E-state index in [9.17, 15) is 4.79 Å². The first-order valence-electron chi connectivity index (χ1n) is 10.6. The Labute approximate surface area is 189 Å². The van der Waals surface area contributed by atoms with Crippen molar-refractivity contribution in [2.45, 2.75) is 17.1 Å². The van der Waals surface area contributed by atoms with E-state index in [-0.39, 0.29) is 5.91 Å². The number of thiophene rings is 1. The average Bonchev–Trinajstić information content (AvgIpc) is 3.39. The summed E-state index contributed by atoms with van der Waals surface area (Å²) < 4.78 is 7.17. The quantitative estimate of drug-likeness (QED) is 0.509. The van der Waals surface area contributed by atoms with Gasteiger partial charge in [-0.2, -0.15) is 4.37 Å². The summed E-state index contributed by atoms with van der Waals surface area (Å²) in [5.41, 5.74) is 0.910. The lowest BCUT2D eigenvalue weighted by atomic mass is 10.2. The number of unbranched alkanes of at least 4 members (excludes halogenated alkanes) is 1. The van der Waals surface area contributed by atoms with E-state index in [0.29, 0.717) is 0 Å². The van der Waals surface area contributed by atoms with E-state index in [1.165, 1.54) is 14.3 Å². The molecule has 1 fully saturated rings. The number of amides is 1. The molecule has 5 nitrogen and oxygen atoms in total. The standard InChI is InChI=1S/C22H26N4OS3/c27-21-18-7-15-28-22(18)29-16-14-26(21)9-4-3-8-24-10-12-25(13-11-24)20-17-5-1-2-6-19(17)30-23-20/h1-2,5-7,15H,3-4,8-14,16H2. The van der Waals surface area contributed by atoms with Gasteiger partial charge in [-0.25, -0.2) is 0 Å². The third kappa shape index (κ3) is 4.23. The number of rotatable bonds is 6. The number of benzene rings is 1. The normalized spacial score (nSPS) is 18.1. The molecule has 2 aliphatic rings. The van der Waals surface area contributed by atoms with Crippen LogP contribution in [0.15, 0.2) is 39.9 Å². The number of anilines is 1. The molecule has 0 unspecified atom stereocenters. The topological polar surface area (TPSA) is 39.7 Å². The molecule has 0 bridgehead atoms. The first-order valence-corrected chi connectivity index (χ1v) is 13.2.